The van der Waals surface area contributed by atoms with E-state index >= 15 is 0 Å². The van der Waals surface area contributed by atoms with Crippen LogP contribution in [0.25, 0.3) is 10.8 Å². The van der Waals surface area contributed by atoms with Gasteiger partial charge in [-0.1, -0.05) is 18.2 Å². The maximum absolute atomic E-state index is 13.7. The molecule has 0 amide bonds. The van der Waals surface area contributed by atoms with Crippen LogP contribution in [0.1, 0.15) is 18.2 Å². The highest BCUT2D eigenvalue weighted by molar-refractivity contribution is 5.84. The third-order valence-corrected chi connectivity index (χ3v) is 2.85. The first-order chi connectivity index (χ1) is 8.24. The number of methoxy groups -OCH3 is 1. The lowest BCUT2D eigenvalue weighted by Gasteiger charge is -2.09. The molecule has 1 unspecified atom stereocenters. The highest BCUT2D eigenvalue weighted by Gasteiger charge is 2.09. The van der Waals surface area contributed by atoms with Crippen molar-refractivity contribution in [3.05, 3.63) is 42.0 Å². The number of nitrogens with two attached hydrogens (primary N) is 1. The van der Waals surface area contributed by atoms with E-state index in [0.29, 0.717) is 18.5 Å². The van der Waals surface area contributed by atoms with E-state index in [2.05, 4.69) is 0 Å². The Morgan fingerprint density at radius 3 is 2.59 bits per heavy atom. The molecule has 0 aliphatic rings. The topological polar surface area (TPSA) is 35.2 Å². The molecule has 0 heterocycles. The SMILES string of the molecule is COc1ccc2cc(C(F)CCN)ccc2c1. The predicted octanol–water partition coefficient (Wildman–Crippen LogP) is 3.21. The van der Waals surface area contributed by atoms with Gasteiger partial charge in [0.1, 0.15) is 11.9 Å². The van der Waals surface area contributed by atoms with Gasteiger partial charge in [0.25, 0.3) is 0 Å². The van der Waals surface area contributed by atoms with E-state index in [-0.39, 0.29) is 0 Å². The molecule has 0 saturated carbocycles. The number of benzene rings is 2. The summed E-state index contributed by atoms with van der Waals surface area (Å²) in [4.78, 5) is 0. The van der Waals surface area contributed by atoms with Gasteiger partial charge < -0.3 is 10.5 Å². The minimum absolute atomic E-state index is 0.363. The van der Waals surface area contributed by atoms with Crippen LogP contribution in [0, 0.1) is 0 Å². The van der Waals surface area contributed by atoms with Gasteiger partial charge in [-0.25, -0.2) is 4.39 Å². The molecule has 0 radical (unpaired) electrons. The van der Waals surface area contributed by atoms with Crippen molar-refractivity contribution in [2.75, 3.05) is 13.7 Å². The van der Waals surface area contributed by atoms with E-state index in [9.17, 15) is 4.39 Å². The van der Waals surface area contributed by atoms with Crippen LogP contribution < -0.4 is 10.5 Å². The molecule has 0 aliphatic carbocycles. The molecule has 0 aromatic heterocycles. The first kappa shape index (κ1) is 11.9. The minimum Gasteiger partial charge on any atom is -0.497 e. The number of halogens is 1. The Morgan fingerprint density at radius 1 is 1.18 bits per heavy atom. The smallest absolute Gasteiger partial charge is 0.126 e. The van der Waals surface area contributed by atoms with E-state index in [0.717, 1.165) is 16.5 Å². The molecule has 2 rings (SSSR count). The number of hydrogen-bond donors (Lipinski definition) is 1. The van der Waals surface area contributed by atoms with Gasteiger partial charge in [-0.05, 0) is 47.5 Å². The average Bonchev–Trinajstić information content (AvgIpc) is 2.37. The molecule has 0 bridgehead atoms. The van der Waals surface area contributed by atoms with Gasteiger partial charge >= 0.3 is 0 Å². The molecule has 0 aliphatic heterocycles. The lowest BCUT2D eigenvalue weighted by molar-refractivity contribution is 0.328. The van der Waals surface area contributed by atoms with E-state index in [4.69, 9.17) is 10.5 Å². The van der Waals surface area contributed by atoms with E-state index in [1.807, 2.05) is 36.4 Å². The maximum atomic E-state index is 13.7. The number of ether oxygens (including phenoxy) is 1. The lowest BCUT2D eigenvalue weighted by atomic mass is 10.0. The molecule has 3 heteroatoms. The van der Waals surface area contributed by atoms with Crippen LogP contribution in [-0.4, -0.2) is 13.7 Å². The Bertz CT molecular complexity index is 513. The van der Waals surface area contributed by atoms with Crippen LogP contribution in [0.2, 0.25) is 0 Å². The second-order valence-corrected chi connectivity index (χ2v) is 4.02. The second-order valence-electron chi connectivity index (χ2n) is 4.02. The fourth-order valence-electron chi connectivity index (χ4n) is 1.88. The van der Waals surface area contributed by atoms with Gasteiger partial charge in [-0.2, -0.15) is 0 Å². The van der Waals surface area contributed by atoms with Gasteiger partial charge in [0, 0.05) is 0 Å². The molecule has 1 atom stereocenters. The number of fused-ring (bicyclic) bond motifs is 1. The summed E-state index contributed by atoms with van der Waals surface area (Å²) < 4.78 is 18.9. The van der Waals surface area contributed by atoms with Crippen LogP contribution in [0.15, 0.2) is 36.4 Å². The molecule has 17 heavy (non-hydrogen) atoms. The lowest BCUT2D eigenvalue weighted by Crippen LogP contribution is -2.03. The monoisotopic (exact) mass is 233 g/mol. The van der Waals surface area contributed by atoms with Crippen molar-refractivity contribution in [2.45, 2.75) is 12.6 Å². The molecular formula is C14H16FNO. The number of hydrogen-bond acceptors (Lipinski definition) is 2. The molecule has 2 nitrogen and oxygen atoms in total. The number of rotatable bonds is 4. The standard InChI is InChI=1S/C14H16FNO/c1-17-13-5-4-10-8-12(14(15)6-7-16)3-2-11(10)9-13/h2-5,8-9,14H,6-7,16H2,1H3. The van der Waals surface area contributed by atoms with Crippen LogP contribution >= 0.6 is 0 Å². The Labute approximate surface area is 100 Å². The molecule has 0 spiro atoms. The fourth-order valence-corrected chi connectivity index (χ4v) is 1.88. The van der Waals surface area contributed by atoms with Crippen molar-refractivity contribution in [3.63, 3.8) is 0 Å². The third-order valence-electron chi connectivity index (χ3n) is 2.85. The van der Waals surface area contributed by atoms with Crippen molar-refractivity contribution in [3.8, 4) is 5.75 Å². The van der Waals surface area contributed by atoms with Crippen molar-refractivity contribution >= 4 is 10.8 Å². The summed E-state index contributed by atoms with van der Waals surface area (Å²) in [6.07, 6.45) is -0.617. The Balaban J connectivity index is 2.37. The first-order valence-corrected chi connectivity index (χ1v) is 5.66. The molecule has 0 fully saturated rings. The summed E-state index contributed by atoms with van der Waals surface area (Å²) in [6, 6.07) is 11.3. The minimum atomic E-state index is -0.980. The van der Waals surface area contributed by atoms with Gasteiger partial charge in [0.05, 0.1) is 7.11 Å². The average molecular weight is 233 g/mol. The molecule has 2 aromatic carbocycles. The number of alkyl halides is 1. The second kappa shape index (κ2) is 5.15. The van der Waals surface area contributed by atoms with E-state index in [1.165, 1.54) is 0 Å². The predicted molar refractivity (Wildman–Crippen MR) is 68.0 cm³/mol. The largest absolute Gasteiger partial charge is 0.497 e. The molecule has 90 valence electrons. The highest BCUT2D eigenvalue weighted by atomic mass is 19.1. The molecular weight excluding hydrogens is 217 g/mol. The Kier molecular flexibility index (Phi) is 3.59. The first-order valence-electron chi connectivity index (χ1n) is 5.66. The van der Waals surface area contributed by atoms with Gasteiger partial charge in [0.2, 0.25) is 0 Å². The zero-order valence-corrected chi connectivity index (χ0v) is 9.82. The van der Waals surface area contributed by atoms with E-state index in [1.54, 1.807) is 7.11 Å². The summed E-state index contributed by atoms with van der Waals surface area (Å²) in [5, 5.41) is 2.07. The van der Waals surface area contributed by atoms with Crippen molar-refractivity contribution in [2.24, 2.45) is 5.73 Å². The van der Waals surface area contributed by atoms with Crippen molar-refractivity contribution in [1.82, 2.24) is 0 Å². The van der Waals surface area contributed by atoms with Crippen LogP contribution in [0.4, 0.5) is 4.39 Å². The zero-order valence-electron chi connectivity index (χ0n) is 9.82. The third kappa shape index (κ3) is 2.56. The fraction of sp³-hybridized carbons (Fsp3) is 0.286. The summed E-state index contributed by atoms with van der Waals surface area (Å²) in [6.45, 7) is 0.363. The summed E-state index contributed by atoms with van der Waals surface area (Å²) in [7, 11) is 1.63. The quantitative estimate of drug-likeness (QED) is 0.880. The molecule has 2 aromatic rings. The summed E-state index contributed by atoms with van der Waals surface area (Å²) >= 11 is 0. The van der Waals surface area contributed by atoms with Crippen LogP contribution in [0.3, 0.4) is 0 Å². The normalized spacial score (nSPS) is 12.6. The highest BCUT2D eigenvalue weighted by Crippen LogP contribution is 2.27. The zero-order chi connectivity index (χ0) is 12.3. The van der Waals surface area contributed by atoms with Gasteiger partial charge in [0.15, 0.2) is 0 Å². The Morgan fingerprint density at radius 2 is 1.88 bits per heavy atom. The molecule has 2 N–H and O–H groups in total. The summed E-state index contributed by atoms with van der Waals surface area (Å²) in [5.41, 5.74) is 6.05. The van der Waals surface area contributed by atoms with Gasteiger partial charge in [-0.3, -0.25) is 0 Å². The maximum Gasteiger partial charge on any atom is 0.126 e. The van der Waals surface area contributed by atoms with Crippen LogP contribution in [0.5, 0.6) is 5.75 Å². The van der Waals surface area contributed by atoms with Crippen molar-refractivity contribution < 1.29 is 9.13 Å². The van der Waals surface area contributed by atoms with E-state index < -0.39 is 6.17 Å². The molecule has 0 saturated heterocycles. The Hall–Kier alpha value is -1.61. The van der Waals surface area contributed by atoms with Crippen molar-refractivity contribution in [1.29, 1.82) is 0 Å². The van der Waals surface area contributed by atoms with Gasteiger partial charge in [-0.15, -0.1) is 0 Å². The van der Waals surface area contributed by atoms with Crippen LogP contribution in [-0.2, 0) is 0 Å². The summed E-state index contributed by atoms with van der Waals surface area (Å²) in [5.74, 6) is 0.809.